The van der Waals surface area contributed by atoms with Crippen LogP contribution in [0.1, 0.15) is 36.0 Å². The molecular weight excluding hydrogens is 390 g/mol. The number of carbonyl (C=O) groups is 2. The molecule has 0 saturated carbocycles. The molecule has 7 nitrogen and oxygen atoms in total. The van der Waals surface area contributed by atoms with E-state index in [2.05, 4.69) is 15.3 Å². The highest BCUT2D eigenvalue weighted by molar-refractivity contribution is 6.31. The van der Waals surface area contributed by atoms with Crippen LogP contribution in [0.3, 0.4) is 0 Å². The second kappa shape index (κ2) is 8.78. The summed E-state index contributed by atoms with van der Waals surface area (Å²) in [5.74, 6) is 0.264. The van der Waals surface area contributed by atoms with Crippen molar-refractivity contribution >= 4 is 35.1 Å². The van der Waals surface area contributed by atoms with Gasteiger partial charge in [-0.1, -0.05) is 11.6 Å². The van der Waals surface area contributed by atoms with E-state index in [0.717, 1.165) is 45.3 Å². The van der Waals surface area contributed by atoms with Gasteiger partial charge in [0.2, 0.25) is 11.9 Å². The first-order valence-corrected chi connectivity index (χ1v) is 10.4. The highest BCUT2D eigenvalue weighted by atomic mass is 35.5. The second-order valence-electron chi connectivity index (χ2n) is 7.51. The van der Waals surface area contributed by atoms with Crippen molar-refractivity contribution in [3.63, 3.8) is 0 Å². The van der Waals surface area contributed by atoms with Gasteiger partial charge < -0.3 is 15.1 Å². The Kier molecular flexibility index (Phi) is 5.94. The van der Waals surface area contributed by atoms with Crippen LogP contribution in [0.5, 0.6) is 0 Å². The monoisotopic (exact) mass is 413 g/mol. The fourth-order valence-electron chi connectivity index (χ4n) is 3.96. The first kappa shape index (κ1) is 19.6. The predicted octanol–water partition coefficient (Wildman–Crippen LogP) is 3.22. The fraction of sp³-hybridized carbons (Fsp3) is 0.429. The molecule has 3 heterocycles. The van der Waals surface area contributed by atoms with Crippen LogP contribution in [0.2, 0.25) is 5.02 Å². The van der Waals surface area contributed by atoms with Crippen molar-refractivity contribution in [1.82, 2.24) is 14.9 Å². The molecule has 2 aliphatic heterocycles. The molecule has 1 N–H and O–H groups in total. The molecule has 1 atom stereocenters. The van der Waals surface area contributed by atoms with E-state index in [1.807, 2.05) is 9.80 Å². The van der Waals surface area contributed by atoms with E-state index in [0.29, 0.717) is 28.8 Å². The summed E-state index contributed by atoms with van der Waals surface area (Å²) in [5.41, 5.74) is 0.969. The van der Waals surface area contributed by atoms with Gasteiger partial charge in [-0.05, 0) is 49.9 Å². The Morgan fingerprint density at radius 2 is 1.83 bits per heavy atom. The summed E-state index contributed by atoms with van der Waals surface area (Å²) in [4.78, 5) is 38.3. The van der Waals surface area contributed by atoms with Gasteiger partial charge in [0.05, 0.1) is 17.2 Å². The maximum Gasteiger partial charge on any atom is 0.255 e. The minimum Gasteiger partial charge on any atom is -0.340 e. The SMILES string of the molecule is O=C(Nc1cc(Cl)ccc1C(=O)N1CCCC1)C1CCCN(c2ncccn2)C1. The Balaban J connectivity index is 1.49. The number of benzene rings is 1. The zero-order chi connectivity index (χ0) is 20.2. The van der Waals surface area contributed by atoms with Crippen LogP contribution in [0.4, 0.5) is 11.6 Å². The molecule has 0 aliphatic carbocycles. The number of rotatable bonds is 4. The van der Waals surface area contributed by atoms with E-state index in [-0.39, 0.29) is 17.7 Å². The minimum absolute atomic E-state index is 0.0579. The normalized spacial score (nSPS) is 19.3. The highest BCUT2D eigenvalue weighted by Crippen LogP contribution is 2.26. The first-order valence-electron chi connectivity index (χ1n) is 10.0. The molecule has 2 fully saturated rings. The van der Waals surface area contributed by atoms with Crippen LogP contribution in [0.25, 0.3) is 0 Å². The highest BCUT2D eigenvalue weighted by Gasteiger charge is 2.29. The molecule has 2 aliphatic rings. The molecule has 2 aromatic rings. The lowest BCUT2D eigenvalue weighted by molar-refractivity contribution is -0.120. The van der Waals surface area contributed by atoms with E-state index < -0.39 is 0 Å². The molecule has 4 rings (SSSR count). The van der Waals surface area contributed by atoms with Gasteiger partial charge in [0.25, 0.3) is 5.91 Å². The Labute approximate surface area is 175 Å². The molecule has 0 spiro atoms. The Morgan fingerprint density at radius 3 is 2.59 bits per heavy atom. The molecule has 0 bridgehead atoms. The first-order chi connectivity index (χ1) is 14.1. The Hall–Kier alpha value is -2.67. The molecule has 1 aromatic heterocycles. The number of piperidine rings is 1. The lowest BCUT2D eigenvalue weighted by Gasteiger charge is -2.32. The zero-order valence-corrected chi connectivity index (χ0v) is 16.9. The van der Waals surface area contributed by atoms with Crippen LogP contribution < -0.4 is 10.2 Å². The number of aromatic nitrogens is 2. The summed E-state index contributed by atoms with van der Waals surface area (Å²) in [6.07, 6.45) is 7.10. The molecule has 2 amide bonds. The molecule has 2 saturated heterocycles. The van der Waals surface area contributed by atoms with Crippen molar-refractivity contribution in [2.24, 2.45) is 5.92 Å². The van der Waals surface area contributed by atoms with E-state index in [1.165, 1.54) is 0 Å². The van der Waals surface area contributed by atoms with E-state index in [9.17, 15) is 9.59 Å². The molecular formula is C21H24ClN5O2. The number of halogens is 1. The number of carbonyl (C=O) groups excluding carboxylic acids is 2. The van der Waals surface area contributed by atoms with Crippen LogP contribution in [-0.4, -0.2) is 52.9 Å². The van der Waals surface area contributed by atoms with E-state index in [1.54, 1.807) is 36.7 Å². The quantitative estimate of drug-likeness (QED) is 0.832. The lowest BCUT2D eigenvalue weighted by Crippen LogP contribution is -2.41. The number of hydrogen-bond acceptors (Lipinski definition) is 5. The summed E-state index contributed by atoms with van der Waals surface area (Å²) in [7, 11) is 0. The second-order valence-corrected chi connectivity index (χ2v) is 7.95. The summed E-state index contributed by atoms with van der Waals surface area (Å²) in [6, 6.07) is 6.82. The Bertz CT molecular complexity index is 886. The van der Waals surface area contributed by atoms with Gasteiger partial charge in [-0.15, -0.1) is 0 Å². The summed E-state index contributed by atoms with van der Waals surface area (Å²) in [6.45, 7) is 2.88. The fourth-order valence-corrected chi connectivity index (χ4v) is 4.13. The topological polar surface area (TPSA) is 78.4 Å². The van der Waals surface area contributed by atoms with Crippen molar-refractivity contribution in [1.29, 1.82) is 0 Å². The largest absolute Gasteiger partial charge is 0.340 e. The Morgan fingerprint density at radius 1 is 1.07 bits per heavy atom. The number of nitrogens with zero attached hydrogens (tertiary/aromatic N) is 4. The molecule has 8 heteroatoms. The third kappa shape index (κ3) is 4.50. The van der Waals surface area contributed by atoms with Gasteiger partial charge in [-0.3, -0.25) is 9.59 Å². The van der Waals surface area contributed by atoms with Gasteiger partial charge in [0.1, 0.15) is 0 Å². The number of nitrogens with one attached hydrogen (secondary N) is 1. The molecule has 1 aromatic carbocycles. The van der Waals surface area contributed by atoms with E-state index >= 15 is 0 Å². The summed E-state index contributed by atoms with van der Waals surface area (Å²) >= 11 is 6.15. The average Bonchev–Trinajstić information content (AvgIpc) is 3.29. The lowest BCUT2D eigenvalue weighted by atomic mass is 9.97. The number of hydrogen-bond donors (Lipinski definition) is 1. The minimum atomic E-state index is -0.207. The van der Waals surface area contributed by atoms with Gasteiger partial charge in [0.15, 0.2) is 0 Å². The van der Waals surface area contributed by atoms with Crippen LogP contribution in [0, 0.1) is 5.92 Å². The summed E-state index contributed by atoms with van der Waals surface area (Å²) < 4.78 is 0. The standard InChI is InChI=1S/C21H24ClN5O2/c22-16-6-7-17(20(29)26-10-1-2-11-26)18(13-16)25-19(28)15-5-3-12-27(14-15)21-23-8-4-9-24-21/h4,6-9,13,15H,1-3,5,10-12,14H2,(H,25,28). The van der Waals surface area contributed by atoms with E-state index in [4.69, 9.17) is 11.6 Å². The van der Waals surface area contributed by atoms with Crippen molar-refractivity contribution in [2.45, 2.75) is 25.7 Å². The van der Waals surface area contributed by atoms with Gasteiger partial charge in [-0.25, -0.2) is 9.97 Å². The zero-order valence-electron chi connectivity index (χ0n) is 16.2. The molecule has 152 valence electrons. The molecule has 29 heavy (non-hydrogen) atoms. The maximum absolute atomic E-state index is 13.0. The van der Waals surface area contributed by atoms with Gasteiger partial charge in [-0.2, -0.15) is 0 Å². The van der Waals surface area contributed by atoms with Crippen LogP contribution in [-0.2, 0) is 4.79 Å². The van der Waals surface area contributed by atoms with Crippen molar-refractivity contribution < 1.29 is 9.59 Å². The van der Waals surface area contributed by atoms with Crippen LogP contribution >= 0.6 is 11.6 Å². The predicted molar refractivity (Wildman–Crippen MR) is 112 cm³/mol. The third-order valence-corrected chi connectivity index (χ3v) is 5.73. The van der Waals surface area contributed by atoms with Crippen LogP contribution in [0.15, 0.2) is 36.7 Å². The number of amides is 2. The molecule has 0 radical (unpaired) electrons. The maximum atomic E-state index is 13.0. The van der Waals surface area contributed by atoms with Gasteiger partial charge >= 0.3 is 0 Å². The van der Waals surface area contributed by atoms with Crippen molar-refractivity contribution in [3.05, 3.63) is 47.2 Å². The average molecular weight is 414 g/mol. The number of likely N-dealkylation sites (tertiary alicyclic amines) is 1. The molecule has 1 unspecified atom stereocenters. The van der Waals surface area contributed by atoms with Gasteiger partial charge in [0, 0.05) is 43.6 Å². The van der Waals surface area contributed by atoms with Crippen molar-refractivity contribution in [2.75, 3.05) is 36.4 Å². The smallest absolute Gasteiger partial charge is 0.255 e. The van der Waals surface area contributed by atoms with Crippen molar-refractivity contribution in [3.8, 4) is 0 Å². The summed E-state index contributed by atoms with van der Waals surface area (Å²) in [5, 5.41) is 3.45. The number of anilines is 2. The third-order valence-electron chi connectivity index (χ3n) is 5.49.